The fraction of sp³-hybridized carbons (Fsp3) is 0.786. The maximum Gasteiger partial charge on any atom is 0.227 e. The Bertz CT molecular complexity index is 300. The smallest absolute Gasteiger partial charge is 0.227 e. The monoisotopic (exact) mass is 221 g/mol. The number of rotatable bonds is 0. The standard InChI is InChI=1S/C14H23NO/c1-14(2,3)12-9-6-8-11-7-4-5-10-15(11)13(12)16/h6,8,11-12H,4-5,7,9-10H2,1-3H3. The summed E-state index contributed by atoms with van der Waals surface area (Å²) in [5.41, 5.74) is 0.0771. The van der Waals surface area contributed by atoms with Gasteiger partial charge in [-0.3, -0.25) is 4.79 Å². The Morgan fingerprint density at radius 1 is 1.31 bits per heavy atom. The van der Waals surface area contributed by atoms with Crippen LogP contribution in [0.1, 0.15) is 46.5 Å². The first-order chi connectivity index (χ1) is 7.50. The topological polar surface area (TPSA) is 20.3 Å². The van der Waals surface area contributed by atoms with Crippen molar-refractivity contribution in [3.8, 4) is 0 Å². The van der Waals surface area contributed by atoms with Gasteiger partial charge in [-0.05, 0) is 31.1 Å². The summed E-state index contributed by atoms with van der Waals surface area (Å²) in [6, 6.07) is 0.383. The summed E-state index contributed by atoms with van der Waals surface area (Å²) in [6.45, 7) is 7.48. The van der Waals surface area contributed by atoms with Crippen LogP contribution in [0, 0.1) is 11.3 Å². The molecule has 0 saturated carbocycles. The number of hydrogen-bond acceptors (Lipinski definition) is 1. The van der Waals surface area contributed by atoms with Crippen molar-refractivity contribution in [3.63, 3.8) is 0 Å². The van der Waals surface area contributed by atoms with E-state index < -0.39 is 0 Å². The van der Waals surface area contributed by atoms with E-state index >= 15 is 0 Å². The number of carbonyl (C=O) groups excluding carboxylic acids is 1. The average molecular weight is 221 g/mol. The summed E-state index contributed by atoms with van der Waals surface area (Å²) in [6.07, 6.45) is 8.98. The molecule has 2 rings (SSSR count). The third kappa shape index (κ3) is 2.16. The summed E-state index contributed by atoms with van der Waals surface area (Å²) in [7, 11) is 0. The number of piperidine rings is 1. The van der Waals surface area contributed by atoms with Crippen molar-refractivity contribution in [1.29, 1.82) is 0 Å². The van der Waals surface area contributed by atoms with Crippen LogP contribution in [-0.2, 0) is 4.79 Å². The Morgan fingerprint density at radius 3 is 2.75 bits per heavy atom. The lowest BCUT2D eigenvalue weighted by Crippen LogP contribution is -2.47. The van der Waals surface area contributed by atoms with Gasteiger partial charge < -0.3 is 4.90 Å². The van der Waals surface area contributed by atoms with E-state index in [1.807, 2.05) is 0 Å². The quantitative estimate of drug-likeness (QED) is 0.576. The second kappa shape index (κ2) is 4.23. The van der Waals surface area contributed by atoms with Crippen LogP contribution in [0.3, 0.4) is 0 Å². The highest BCUT2D eigenvalue weighted by Crippen LogP contribution is 2.34. The molecule has 0 aliphatic carbocycles. The van der Waals surface area contributed by atoms with Gasteiger partial charge in [0, 0.05) is 18.5 Å². The van der Waals surface area contributed by atoms with Crippen LogP contribution >= 0.6 is 0 Å². The molecule has 2 aliphatic rings. The Balaban J connectivity index is 2.21. The SMILES string of the molecule is CC(C)(C)C1CC=CC2CCCCN2C1=O. The fourth-order valence-corrected chi connectivity index (χ4v) is 2.83. The maximum atomic E-state index is 12.5. The van der Waals surface area contributed by atoms with Gasteiger partial charge in [0.1, 0.15) is 0 Å². The molecule has 2 nitrogen and oxygen atoms in total. The van der Waals surface area contributed by atoms with Gasteiger partial charge in [0.15, 0.2) is 0 Å². The zero-order valence-electron chi connectivity index (χ0n) is 10.7. The first-order valence-corrected chi connectivity index (χ1v) is 6.47. The molecule has 0 aromatic heterocycles. The van der Waals surface area contributed by atoms with Crippen molar-refractivity contribution in [2.45, 2.75) is 52.5 Å². The minimum absolute atomic E-state index is 0.0771. The van der Waals surface area contributed by atoms with Gasteiger partial charge in [0.05, 0.1) is 0 Å². The highest BCUT2D eigenvalue weighted by molar-refractivity contribution is 5.81. The van der Waals surface area contributed by atoms with Gasteiger partial charge in [0.2, 0.25) is 5.91 Å². The zero-order valence-corrected chi connectivity index (χ0v) is 10.7. The Morgan fingerprint density at radius 2 is 2.06 bits per heavy atom. The molecule has 0 N–H and O–H groups in total. The predicted molar refractivity (Wildman–Crippen MR) is 66.1 cm³/mol. The number of hydrogen-bond donors (Lipinski definition) is 0. The van der Waals surface area contributed by atoms with Gasteiger partial charge in [0.25, 0.3) is 0 Å². The molecular formula is C14H23NO. The summed E-state index contributed by atoms with van der Waals surface area (Å²) < 4.78 is 0. The van der Waals surface area contributed by atoms with Gasteiger partial charge in [-0.1, -0.05) is 32.9 Å². The lowest BCUT2D eigenvalue weighted by Gasteiger charge is -2.38. The van der Waals surface area contributed by atoms with E-state index in [4.69, 9.17) is 0 Å². The summed E-state index contributed by atoms with van der Waals surface area (Å²) in [5, 5.41) is 0. The molecule has 2 atom stereocenters. The highest BCUT2D eigenvalue weighted by Gasteiger charge is 2.37. The highest BCUT2D eigenvalue weighted by atomic mass is 16.2. The van der Waals surface area contributed by atoms with Crippen LogP contribution in [0.25, 0.3) is 0 Å². The lowest BCUT2D eigenvalue weighted by atomic mass is 9.78. The minimum atomic E-state index is 0.0771. The van der Waals surface area contributed by atoms with Crippen LogP contribution in [0.15, 0.2) is 12.2 Å². The van der Waals surface area contributed by atoms with Crippen molar-refractivity contribution in [3.05, 3.63) is 12.2 Å². The molecule has 16 heavy (non-hydrogen) atoms. The molecule has 1 fully saturated rings. The van der Waals surface area contributed by atoms with E-state index in [2.05, 4.69) is 37.8 Å². The number of amides is 1. The molecule has 2 aliphatic heterocycles. The average Bonchev–Trinajstić information content (AvgIpc) is 2.38. The van der Waals surface area contributed by atoms with E-state index in [0.29, 0.717) is 11.9 Å². The fourth-order valence-electron chi connectivity index (χ4n) is 2.83. The number of carbonyl (C=O) groups is 1. The lowest BCUT2D eigenvalue weighted by molar-refractivity contribution is -0.141. The van der Waals surface area contributed by atoms with Gasteiger partial charge in [-0.15, -0.1) is 0 Å². The molecule has 90 valence electrons. The van der Waals surface area contributed by atoms with Crippen LogP contribution in [0.2, 0.25) is 0 Å². The molecular weight excluding hydrogens is 198 g/mol. The van der Waals surface area contributed by atoms with Crippen molar-refractivity contribution in [1.82, 2.24) is 4.90 Å². The normalized spacial score (nSPS) is 31.2. The molecule has 1 amide bonds. The molecule has 0 spiro atoms. The van der Waals surface area contributed by atoms with E-state index in [1.165, 1.54) is 12.8 Å². The van der Waals surface area contributed by atoms with E-state index in [9.17, 15) is 4.79 Å². The molecule has 2 heterocycles. The number of allylic oxidation sites excluding steroid dienone is 1. The maximum absolute atomic E-state index is 12.5. The number of nitrogens with zero attached hydrogens (tertiary/aromatic N) is 1. The van der Waals surface area contributed by atoms with Crippen molar-refractivity contribution in [2.24, 2.45) is 11.3 Å². The van der Waals surface area contributed by atoms with Crippen LogP contribution in [0.4, 0.5) is 0 Å². The summed E-state index contributed by atoms with van der Waals surface area (Å²) >= 11 is 0. The number of fused-ring (bicyclic) bond motifs is 1. The second-order valence-corrected chi connectivity index (χ2v) is 6.18. The van der Waals surface area contributed by atoms with Gasteiger partial charge >= 0.3 is 0 Å². The summed E-state index contributed by atoms with van der Waals surface area (Å²) in [4.78, 5) is 14.6. The zero-order chi connectivity index (χ0) is 11.8. The van der Waals surface area contributed by atoms with Crippen molar-refractivity contribution >= 4 is 5.91 Å². The van der Waals surface area contributed by atoms with E-state index in [-0.39, 0.29) is 11.3 Å². The van der Waals surface area contributed by atoms with Gasteiger partial charge in [-0.25, -0.2) is 0 Å². The molecule has 0 bridgehead atoms. The summed E-state index contributed by atoms with van der Waals surface area (Å²) in [5.74, 6) is 0.536. The second-order valence-electron chi connectivity index (χ2n) is 6.18. The Labute approximate surface area is 98.7 Å². The molecule has 0 radical (unpaired) electrons. The largest absolute Gasteiger partial charge is 0.336 e. The molecule has 2 unspecified atom stereocenters. The predicted octanol–water partition coefficient (Wildman–Crippen LogP) is 2.99. The Kier molecular flexibility index (Phi) is 3.09. The molecule has 0 aromatic carbocycles. The minimum Gasteiger partial charge on any atom is -0.336 e. The van der Waals surface area contributed by atoms with Gasteiger partial charge in [-0.2, -0.15) is 0 Å². The van der Waals surface area contributed by atoms with Crippen LogP contribution < -0.4 is 0 Å². The molecule has 0 aromatic rings. The third-order valence-corrected chi connectivity index (χ3v) is 3.91. The molecule has 1 saturated heterocycles. The molecule has 2 heteroatoms. The third-order valence-electron chi connectivity index (χ3n) is 3.91. The first-order valence-electron chi connectivity index (χ1n) is 6.47. The van der Waals surface area contributed by atoms with Crippen LogP contribution in [0.5, 0.6) is 0 Å². The van der Waals surface area contributed by atoms with E-state index in [0.717, 1.165) is 19.4 Å². The van der Waals surface area contributed by atoms with Crippen molar-refractivity contribution < 1.29 is 4.79 Å². The van der Waals surface area contributed by atoms with E-state index in [1.54, 1.807) is 0 Å². The first kappa shape index (κ1) is 11.7. The Hall–Kier alpha value is -0.790. The van der Waals surface area contributed by atoms with Crippen LogP contribution in [-0.4, -0.2) is 23.4 Å². The van der Waals surface area contributed by atoms with Crippen molar-refractivity contribution in [2.75, 3.05) is 6.54 Å².